The zero-order chi connectivity index (χ0) is 14.9. The number of nitrogens with two attached hydrogens (primary N) is 1. The van der Waals surface area contributed by atoms with E-state index in [9.17, 15) is 13.2 Å². The maximum Gasteiger partial charge on any atom is 0.264 e. The van der Waals surface area contributed by atoms with Crippen LogP contribution in [0.4, 0.5) is 0 Å². The van der Waals surface area contributed by atoms with Gasteiger partial charge in [0.25, 0.3) is 5.91 Å². The number of carbonyl (C=O) groups is 1. The molecule has 8 heteroatoms. The second-order valence-electron chi connectivity index (χ2n) is 4.93. The van der Waals surface area contributed by atoms with Crippen molar-refractivity contribution in [2.24, 2.45) is 5.14 Å². The topological polar surface area (TPSA) is 92.5 Å². The number of amides is 1. The average Bonchev–Trinajstić information content (AvgIpc) is 2.94. The third-order valence-electron chi connectivity index (χ3n) is 3.47. The lowest BCUT2D eigenvalue weighted by Gasteiger charge is -2.23. The van der Waals surface area contributed by atoms with Crippen LogP contribution in [-0.4, -0.2) is 45.4 Å². The molecule has 1 aromatic rings. The minimum absolute atomic E-state index is 0.0511. The maximum absolute atomic E-state index is 12.5. The Kier molecular flexibility index (Phi) is 4.48. The Bertz CT molecular complexity index is 609. The van der Waals surface area contributed by atoms with Gasteiger partial charge in [-0.25, -0.2) is 13.6 Å². The van der Waals surface area contributed by atoms with Crippen molar-refractivity contribution in [3.05, 3.63) is 15.8 Å². The number of primary sulfonamides is 1. The van der Waals surface area contributed by atoms with Crippen molar-refractivity contribution < 1.29 is 13.2 Å². The van der Waals surface area contributed by atoms with Gasteiger partial charge >= 0.3 is 0 Å². The number of likely N-dealkylation sites (tertiary alicyclic amines) is 1. The summed E-state index contributed by atoms with van der Waals surface area (Å²) in [5.41, 5.74) is 0. The van der Waals surface area contributed by atoms with Crippen molar-refractivity contribution in [3.63, 3.8) is 0 Å². The van der Waals surface area contributed by atoms with E-state index in [1.807, 2.05) is 11.9 Å². The minimum Gasteiger partial charge on any atom is -0.334 e. The molecule has 0 aliphatic carbocycles. The van der Waals surface area contributed by atoms with Gasteiger partial charge in [-0.15, -0.1) is 11.3 Å². The molecule has 1 aliphatic rings. The Morgan fingerprint density at radius 2 is 2.30 bits per heavy atom. The van der Waals surface area contributed by atoms with Gasteiger partial charge in [0.1, 0.15) is 0 Å². The number of sulfonamides is 1. The van der Waals surface area contributed by atoms with E-state index in [1.54, 1.807) is 6.92 Å². The number of nitrogens with one attached hydrogen (secondary N) is 1. The van der Waals surface area contributed by atoms with Gasteiger partial charge in [-0.2, -0.15) is 0 Å². The van der Waals surface area contributed by atoms with Crippen molar-refractivity contribution >= 4 is 27.3 Å². The Morgan fingerprint density at radius 3 is 2.85 bits per heavy atom. The molecule has 1 aromatic heterocycles. The zero-order valence-corrected chi connectivity index (χ0v) is 13.2. The Morgan fingerprint density at radius 1 is 1.60 bits per heavy atom. The highest BCUT2D eigenvalue weighted by atomic mass is 32.2. The second kappa shape index (κ2) is 5.80. The lowest BCUT2D eigenvalue weighted by Crippen LogP contribution is -2.40. The van der Waals surface area contributed by atoms with Gasteiger partial charge in [0, 0.05) is 24.0 Å². The number of thiophene rings is 1. The highest BCUT2D eigenvalue weighted by molar-refractivity contribution is 7.89. The summed E-state index contributed by atoms with van der Waals surface area (Å²) in [6.45, 7) is 3.13. The van der Waals surface area contributed by atoms with Crippen molar-refractivity contribution in [2.75, 3.05) is 20.1 Å². The van der Waals surface area contributed by atoms with Crippen LogP contribution in [0.15, 0.2) is 11.0 Å². The van der Waals surface area contributed by atoms with E-state index >= 15 is 0 Å². The van der Waals surface area contributed by atoms with Crippen LogP contribution in [0.2, 0.25) is 0 Å². The molecule has 1 amide bonds. The summed E-state index contributed by atoms with van der Waals surface area (Å²) in [5, 5.41) is 8.22. The largest absolute Gasteiger partial charge is 0.334 e. The first-order chi connectivity index (χ1) is 9.34. The fraction of sp³-hybridized carbons (Fsp3) is 0.583. The summed E-state index contributed by atoms with van der Waals surface area (Å²) in [7, 11) is -1.91. The standard InChI is InChI=1S/C12H19N3O3S2/c1-8-11(20(13,17)18)6-10(19-8)12(16)15-5-3-4-9(15)7-14-2/h6,9,14H,3-5,7H2,1-2H3,(H2,13,17,18). The molecule has 0 saturated carbocycles. The first-order valence-corrected chi connectivity index (χ1v) is 8.79. The van der Waals surface area contributed by atoms with Crippen LogP contribution in [0.5, 0.6) is 0 Å². The fourth-order valence-corrected chi connectivity index (χ4v) is 4.65. The number of carbonyl (C=O) groups excluding carboxylic acids is 1. The monoisotopic (exact) mass is 317 g/mol. The maximum atomic E-state index is 12.5. The minimum atomic E-state index is -3.77. The smallest absolute Gasteiger partial charge is 0.264 e. The molecule has 20 heavy (non-hydrogen) atoms. The molecule has 2 rings (SSSR count). The van der Waals surface area contributed by atoms with Crippen molar-refractivity contribution in [1.29, 1.82) is 0 Å². The Labute approximate surface area is 123 Å². The molecule has 1 atom stereocenters. The number of likely N-dealkylation sites (N-methyl/N-ethyl adjacent to an activating group) is 1. The third kappa shape index (κ3) is 3.03. The van der Waals surface area contributed by atoms with E-state index in [4.69, 9.17) is 5.14 Å². The molecule has 0 radical (unpaired) electrons. The molecule has 1 fully saturated rings. The van der Waals surface area contributed by atoms with E-state index in [0.717, 1.165) is 19.4 Å². The SMILES string of the molecule is CNCC1CCCN1C(=O)c1cc(S(N)(=O)=O)c(C)s1. The van der Waals surface area contributed by atoms with E-state index in [0.29, 0.717) is 16.3 Å². The predicted molar refractivity (Wildman–Crippen MR) is 78.4 cm³/mol. The lowest BCUT2D eigenvalue weighted by atomic mass is 10.2. The predicted octanol–water partition coefficient (Wildman–Crippen LogP) is 0.528. The van der Waals surface area contributed by atoms with Crippen LogP contribution in [0, 0.1) is 6.92 Å². The summed E-state index contributed by atoms with van der Waals surface area (Å²) in [5.74, 6) is -0.106. The molecule has 0 aromatic carbocycles. The molecule has 1 aliphatic heterocycles. The number of nitrogens with zero attached hydrogens (tertiary/aromatic N) is 1. The molecular weight excluding hydrogens is 298 g/mol. The molecule has 6 nitrogen and oxygen atoms in total. The summed E-state index contributed by atoms with van der Waals surface area (Å²) < 4.78 is 22.9. The summed E-state index contributed by atoms with van der Waals surface area (Å²) in [6.07, 6.45) is 1.95. The molecular formula is C12H19N3O3S2. The summed E-state index contributed by atoms with van der Waals surface area (Å²) in [4.78, 5) is 15.4. The number of hydrogen-bond acceptors (Lipinski definition) is 5. The highest BCUT2D eigenvalue weighted by Crippen LogP contribution is 2.28. The number of hydrogen-bond donors (Lipinski definition) is 2. The van der Waals surface area contributed by atoms with Gasteiger partial charge in [-0.1, -0.05) is 0 Å². The van der Waals surface area contributed by atoms with Gasteiger partial charge in [0.2, 0.25) is 10.0 Å². The average molecular weight is 317 g/mol. The summed E-state index contributed by atoms with van der Waals surface area (Å²) in [6, 6.07) is 1.57. The molecule has 1 unspecified atom stereocenters. The fourth-order valence-electron chi connectivity index (χ4n) is 2.55. The van der Waals surface area contributed by atoms with Crippen molar-refractivity contribution in [3.8, 4) is 0 Å². The molecule has 2 heterocycles. The van der Waals surface area contributed by atoms with Crippen LogP contribution in [0.25, 0.3) is 0 Å². The van der Waals surface area contributed by atoms with E-state index in [2.05, 4.69) is 5.32 Å². The highest BCUT2D eigenvalue weighted by Gasteiger charge is 2.30. The van der Waals surface area contributed by atoms with E-state index < -0.39 is 10.0 Å². The van der Waals surface area contributed by atoms with Crippen LogP contribution in [0.3, 0.4) is 0 Å². The Balaban J connectivity index is 2.26. The molecule has 0 spiro atoms. The lowest BCUT2D eigenvalue weighted by molar-refractivity contribution is 0.0742. The van der Waals surface area contributed by atoms with E-state index in [-0.39, 0.29) is 16.8 Å². The second-order valence-corrected chi connectivity index (χ2v) is 7.71. The van der Waals surface area contributed by atoms with Crippen LogP contribution >= 0.6 is 11.3 Å². The van der Waals surface area contributed by atoms with Crippen molar-refractivity contribution in [1.82, 2.24) is 10.2 Å². The summed E-state index contributed by atoms with van der Waals surface area (Å²) >= 11 is 1.19. The van der Waals surface area contributed by atoms with Crippen molar-refractivity contribution in [2.45, 2.75) is 30.7 Å². The molecule has 112 valence electrons. The van der Waals surface area contributed by atoms with Crippen LogP contribution in [-0.2, 0) is 10.0 Å². The Hall–Kier alpha value is -0.960. The van der Waals surface area contributed by atoms with Gasteiger partial charge in [-0.05, 0) is 32.9 Å². The number of aryl methyl sites for hydroxylation is 1. The molecule has 1 saturated heterocycles. The third-order valence-corrected chi connectivity index (χ3v) is 5.67. The zero-order valence-electron chi connectivity index (χ0n) is 11.5. The van der Waals surface area contributed by atoms with Gasteiger partial charge in [0.15, 0.2) is 0 Å². The van der Waals surface area contributed by atoms with Gasteiger partial charge in [0.05, 0.1) is 9.77 Å². The number of rotatable bonds is 4. The van der Waals surface area contributed by atoms with Crippen LogP contribution in [0.1, 0.15) is 27.4 Å². The first-order valence-electron chi connectivity index (χ1n) is 6.43. The first kappa shape index (κ1) is 15.4. The normalized spacial score (nSPS) is 19.6. The van der Waals surface area contributed by atoms with Gasteiger partial charge < -0.3 is 10.2 Å². The molecule has 3 N–H and O–H groups in total. The van der Waals surface area contributed by atoms with Gasteiger partial charge in [-0.3, -0.25) is 4.79 Å². The quantitative estimate of drug-likeness (QED) is 0.847. The van der Waals surface area contributed by atoms with Crippen LogP contribution < -0.4 is 10.5 Å². The van der Waals surface area contributed by atoms with E-state index in [1.165, 1.54) is 17.4 Å². The molecule has 0 bridgehead atoms.